The molecule has 0 amide bonds. The van der Waals surface area contributed by atoms with Crippen LogP contribution in [0.25, 0.3) is 0 Å². The lowest BCUT2D eigenvalue weighted by Crippen LogP contribution is -2.41. The van der Waals surface area contributed by atoms with E-state index in [1.54, 1.807) is 0 Å². The first-order chi connectivity index (χ1) is 7.93. The third-order valence-electron chi connectivity index (χ3n) is 2.65. The Balaban J connectivity index is 2.46. The van der Waals surface area contributed by atoms with E-state index in [0.29, 0.717) is 13.1 Å². The van der Waals surface area contributed by atoms with Gasteiger partial charge in [-0.1, -0.05) is 0 Å². The standard InChI is InChI=1S/C10H11NO5S/c12-9-3-2-7(6-8(9)10(13)14)17(15,16)11-4-1-5-11/h2-3,6,12H,1,4-5H2,(H,13,14). The van der Waals surface area contributed by atoms with Crippen LogP contribution in [0.5, 0.6) is 5.75 Å². The fourth-order valence-electron chi connectivity index (χ4n) is 1.52. The highest BCUT2D eigenvalue weighted by Gasteiger charge is 2.30. The van der Waals surface area contributed by atoms with Crippen molar-refractivity contribution in [3.05, 3.63) is 23.8 Å². The van der Waals surface area contributed by atoms with Crippen LogP contribution in [0.4, 0.5) is 0 Å². The van der Waals surface area contributed by atoms with Crippen molar-refractivity contribution in [2.75, 3.05) is 13.1 Å². The van der Waals surface area contributed by atoms with Crippen LogP contribution in [-0.2, 0) is 10.0 Å². The van der Waals surface area contributed by atoms with E-state index >= 15 is 0 Å². The van der Waals surface area contributed by atoms with E-state index in [4.69, 9.17) is 5.11 Å². The Bertz CT molecular complexity index is 562. The van der Waals surface area contributed by atoms with Gasteiger partial charge in [0.1, 0.15) is 11.3 Å². The van der Waals surface area contributed by atoms with Gasteiger partial charge in [-0.05, 0) is 24.6 Å². The molecule has 0 atom stereocenters. The van der Waals surface area contributed by atoms with Gasteiger partial charge in [0.2, 0.25) is 10.0 Å². The number of sulfonamides is 1. The monoisotopic (exact) mass is 257 g/mol. The van der Waals surface area contributed by atoms with Crippen LogP contribution in [0.15, 0.2) is 23.1 Å². The number of phenols is 1. The highest BCUT2D eigenvalue weighted by molar-refractivity contribution is 7.89. The first-order valence-electron chi connectivity index (χ1n) is 4.99. The molecule has 0 bridgehead atoms. The molecule has 1 aliphatic rings. The van der Waals surface area contributed by atoms with Crippen molar-refractivity contribution in [3.63, 3.8) is 0 Å². The highest BCUT2D eigenvalue weighted by Crippen LogP contribution is 2.25. The van der Waals surface area contributed by atoms with Gasteiger partial charge in [-0.25, -0.2) is 13.2 Å². The molecule has 2 rings (SSSR count). The van der Waals surface area contributed by atoms with E-state index in [2.05, 4.69) is 0 Å². The topological polar surface area (TPSA) is 94.9 Å². The number of carboxylic acid groups (broad SMARTS) is 1. The summed E-state index contributed by atoms with van der Waals surface area (Å²) in [4.78, 5) is 10.7. The molecule has 1 heterocycles. The molecule has 7 heteroatoms. The molecule has 0 unspecified atom stereocenters. The quantitative estimate of drug-likeness (QED) is 0.821. The lowest BCUT2D eigenvalue weighted by Gasteiger charge is -2.29. The minimum atomic E-state index is -3.62. The van der Waals surface area contributed by atoms with Crippen LogP contribution < -0.4 is 0 Å². The summed E-state index contributed by atoms with van der Waals surface area (Å²) in [6.07, 6.45) is 0.809. The second-order valence-electron chi connectivity index (χ2n) is 3.74. The summed E-state index contributed by atoms with van der Waals surface area (Å²) in [6.45, 7) is 0.900. The Morgan fingerprint density at radius 1 is 1.29 bits per heavy atom. The molecule has 0 saturated carbocycles. The molecular formula is C10H11NO5S. The first kappa shape index (κ1) is 11.9. The number of carboxylic acids is 1. The van der Waals surface area contributed by atoms with Crippen molar-refractivity contribution in [1.29, 1.82) is 0 Å². The highest BCUT2D eigenvalue weighted by atomic mass is 32.2. The predicted octanol–water partition coefficient (Wildman–Crippen LogP) is 0.485. The van der Waals surface area contributed by atoms with Crippen molar-refractivity contribution < 1.29 is 23.4 Å². The summed E-state index contributed by atoms with van der Waals surface area (Å²) < 4.78 is 25.2. The molecule has 0 spiro atoms. The second-order valence-corrected chi connectivity index (χ2v) is 5.68. The maximum atomic E-state index is 12.0. The van der Waals surface area contributed by atoms with E-state index < -0.39 is 27.3 Å². The minimum Gasteiger partial charge on any atom is -0.507 e. The van der Waals surface area contributed by atoms with Gasteiger partial charge in [-0.3, -0.25) is 0 Å². The summed E-state index contributed by atoms with van der Waals surface area (Å²) in [5.74, 6) is -1.80. The lowest BCUT2D eigenvalue weighted by atomic mass is 10.2. The van der Waals surface area contributed by atoms with E-state index in [1.165, 1.54) is 10.4 Å². The fourth-order valence-corrected chi connectivity index (χ4v) is 3.07. The number of hydrogen-bond acceptors (Lipinski definition) is 4. The van der Waals surface area contributed by atoms with Gasteiger partial charge in [0.25, 0.3) is 0 Å². The molecule has 1 aromatic rings. The van der Waals surface area contributed by atoms with Crippen molar-refractivity contribution in [3.8, 4) is 5.75 Å². The summed E-state index contributed by atoms with van der Waals surface area (Å²) in [6, 6.07) is 3.26. The SMILES string of the molecule is O=C(O)c1cc(S(=O)(=O)N2CCC2)ccc1O. The molecule has 0 radical (unpaired) electrons. The van der Waals surface area contributed by atoms with Gasteiger partial charge in [0.05, 0.1) is 4.90 Å². The fraction of sp³-hybridized carbons (Fsp3) is 0.300. The molecule has 0 aliphatic carbocycles. The molecule has 1 fully saturated rings. The second kappa shape index (κ2) is 4.01. The minimum absolute atomic E-state index is 0.104. The van der Waals surface area contributed by atoms with Crippen molar-refractivity contribution in [2.45, 2.75) is 11.3 Å². The number of aromatic carboxylic acids is 1. The van der Waals surface area contributed by atoms with Crippen LogP contribution in [0.3, 0.4) is 0 Å². The number of rotatable bonds is 3. The third-order valence-corrected chi connectivity index (χ3v) is 4.55. The molecular weight excluding hydrogens is 246 g/mol. The summed E-state index contributed by atoms with van der Waals surface area (Å²) in [7, 11) is -3.62. The average molecular weight is 257 g/mol. The number of carbonyl (C=O) groups is 1. The van der Waals surface area contributed by atoms with Gasteiger partial charge >= 0.3 is 5.97 Å². The Morgan fingerprint density at radius 2 is 1.94 bits per heavy atom. The molecule has 6 nitrogen and oxygen atoms in total. The van der Waals surface area contributed by atoms with Crippen LogP contribution in [0.1, 0.15) is 16.8 Å². The maximum Gasteiger partial charge on any atom is 0.339 e. The largest absolute Gasteiger partial charge is 0.507 e. The smallest absolute Gasteiger partial charge is 0.339 e. The summed E-state index contributed by atoms with van der Waals surface area (Å²) in [5.41, 5.74) is -0.411. The van der Waals surface area contributed by atoms with Crippen molar-refractivity contribution >= 4 is 16.0 Å². The third kappa shape index (κ3) is 1.98. The number of hydrogen-bond donors (Lipinski definition) is 2. The maximum absolute atomic E-state index is 12.0. The predicted molar refractivity (Wildman–Crippen MR) is 58.4 cm³/mol. The summed E-state index contributed by atoms with van der Waals surface area (Å²) >= 11 is 0. The molecule has 92 valence electrons. The van der Waals surface area contributed by atoms with Crippen LogP contribution in [0.2, 0.25) is 0 Å². The van der Waals surface area contributed by atoms with Gasteiger partial charge in [-0.15, -0.1) is 0 Å². The Kier molecular flexibility index (Phi) is 2.80. The molecule has 1 aromatic carbocycles. The van der Waals surface area contributed by atoms with Crippen LogP contribution >= 0.6 is 0 Å². The van der Waals surface area contributed by atoms with Gasteiger partial charge in [0, 0.05) is 13.1 Å². The van der Waals surface area contributed by atoms with Gasteiger partial charge in [-0.2, -0.15) is 4.31 Å². The zero-order chi connectivity index (χ0) is 12.6. The van der Waals surface area contributed by atoms with Gasteiger partial charge in [0.15, 0.2) is 0 Å². The van der Waals surface area contributed by atoms with Crippen LogP contribution in [0, 0.1) is 0 Å². The number of benzene rings is 1. The van der Waals surface area contributed by atoms with E-state index in [-0.39, 0.29) is 4.90 Å². The molecule has 2 N–H and O–H groups in total. The zero-order valence-corrected chi connectivity index (χ0v) is 9.64. The van der Waals surface area contributed by atoms with E-state index in [9.17, 15) is 18.3 Å². The first-order valence-corrected chi connectivity index (χ1v) is 6.43. The van der Waals surface area contributed by atoms with E-state index in [1.807, 2.05) is 0 Å². The van der Waals surface area contributed by atoms with Crippen molar-refractivity contribution in [2.24, 2.45) is 0 Å². The molecule has 17 heavy (non-hydrogen) atoms. The number of nitrogens with zero attached hydrogens (tertiary/aromatic N) is 1. The summed E-state index contributed by atoms with van der Waals surface area (Å²) in [5, 5.41) is 18.1. The Morgan fingerprint density at radius 3 is 2.41 bits per heavy atom. The molecule has 0 aromatic heterocycles. The van der Waals surface area contributed by atoms with Gasteiger partial charge < -0.3 is 10.2 Å². The lowest BCUT2D eigenvalue weighted by molar-refractivity contribution is 0.0693. The Labute approximate surface area is 98.2 Å². The average Bonchev–Trinajstić information content (AvgIpc) is 2.13. The molecule has 1 saturated heterocycles. The van der Waals surface area contributed by atoms with Crippen molar-refractivity contribution in [1.82, 2.24) is 4.31 Å². The molecule has 1 aliphatic heterocycles. The van der Waals surface area contributed by atoms with Crippen LogP contribution in [-0.4, -0.2) is 42.0 Å². The van der Waals surface area contributed by atoms with E-state index in [0.717, 1.165) is 18.6 Å². The number of aromatic hydroxyl groups is 1. The Hall–Kier alpha value is -1.60. The normalized spacial score (nSPS) is 16.5. The zero-order valence-electron chi connectivity index (χ0n) is 8.83.